The Morgan fingerprint density at radius 1 is 1.22 bits per heavy atom. The van der Waals surface area contributed by atoms with E-state index in [0.29, 0.717) is 24.6 Å². The average molecular weight is 374 g/mol. The van der Waals surface area contributed by atoms with Gasteiger partial charge in [-0.05, 0) is 33.1 Å². The number of anilines is 1. The second-order valence-corrected chi connectivity index (χ2v) is 7.62. The van der Waals surface area contributed by atoms with Gasteiger partial charge in [-0.1, -0.05) is 0 Å². The summed E-state index contributed by atoms with van der Waals surface area (Å²) in [5.41, 5.74) is 7.88. The molecule has 0 bridgehead atoms. The Morgan fingerprint density at radius 2 is 2.11 bits per heavy atom. The van der Waals surface area contributed by atoms with E-state index >= 15 is 0 Å². The SMILES string of the molecule is CCOC1CCC2NNC(c3cc(N4CCN(CC)C(=O)C4)ncn3)C2C1. The van der Waals surface area contributed by atoms with Gasteiger partial charge in [0.2, 0.25) is 5.91 Å². The Hall–Kier alpha value is -1.77. The molecule has 8 heteroatoms. The first-order valence-electron chi connectivity index (χ1n) is 10.2. The van der Waals surface area contributed by atoms with Gasteiger partial charge in [-0.15, -0.1) is 0 Å². The summed E-state index contributed by atoms with van der Waals surface area (Å²) in [6.45, 7) is 7.56. The van der Waals surface area contributed by atoms with Gasteiger partial charge in [0, 0.05) is 44.3 Å². The first kappa shape index (κ1) is 18.6. The molecule has 2 saturated heterocycles. The van der Waals surface area contributed by atoms with E-state index < -0.39 is 0 Å². The van der Waals surface area contributed by atoms with Crippen LogP contribution < -0.4 is 15.8 Å². The van der Waals surface area contributed by atoms with Crippen LogP contribution in [0.4, 0.5) is 5.82 Å². The van der Waals surface area contributed by atoms with E-state index in [0.717, 1.165) is 57.0 Å². The second kappa shape index (κ2) is 8.08. The standard InChI is InChI=1S/C19H30N6O2/c1-3-24-7-8-25(11-18(24)26)17-10-16(20-12-21-17)19-14-9-13(27-4-2)5-6-15(14)22-23-19/h10,12-15,19,22-23H,3-9,11H2,1-2H3. The van der Waals surface area contributed by atoms with Crippen molar-refractivity contribution in [1.82, 2.24) is 25.7 Å². The molecule has 0 aromatic carbocycles. The lowest BCUT2D eigenvalue weighted by Gasteiger charge is -2.35. The summed E-state index contributed by atoms with van der Waals surface area (Å²) >= 11 is 0. The lowest BCUT2D eigenvalue weighted by molar-refractivity contribution is -0.130. The van der Waals surface area contributed by atoms with E-state index in [1.54, 1.807) is 6.33 Å². The number of carbonyl (C=O) groups is 1. The number of hydrazine groups is 1. The van der Waals surface area contributed by atoms with Crippen LogP contribution in [-0.4, -0.2) is 65.7 Å². The van der Waals surface area contributed by atoms with Crippen molar-refractivity contribution in [2.75, 3.05) is 37.7 Å². The number of aromatic nitrogens is 2. The Kier molecular flexibility index (Phi) is 5.56. The number of likely N-dealkylation sites (N-methyl/N-ethyl adjacent to an activating group) is 1. The maximum absolute atomic E-state index is 12.2. The number of hydrogen-bond donors (Lipinski definition) is 2. The van der Waals surface area contributed by atoms with E-state index in [4.69, 9.17) is 4.74 Å². The zero-order valence-electron chi connectivity index (χ0n) is 16.2. The monoisotopic (exact) mass is 374 g/mol. The maximum Gasteiger partial charge on any atom is 0.242 e. The normalized spacial score (nSPS) is 31.3. The fraction of sp³-hybridized carbons (Fsp3) is 0.737. The highest BCUT2D eigenvalue weighted by atomic mass is 16.5. The minimum atomic E-state index is 0.146. The molecule has 4 atom stereocenters. The van der Waals surface area contributed by atoms with Crippen molar-refractivity contribution >= 4 is 11.7 Å². The number of piperazine rings is 1. The number of fused-ring (bicyclic) bond motifs is 1. The predicted octanol–water partition coefficient (Wildman–Crippen LogP) is 0.868. The molecule has 8 nitrogen and oxygen atoms in total. The zero-order valence-corrected chi connectivity index (χ0v) is 16.2. The third-order valence-corrected chi connectivity index (χ3v) is 6.12. The summed E-state index contributed by atoms with van der Waals surface area (Å²) in [6.07, 6.45) is 5.22. The van der Waals surface area contributed by atoms with E-state index in [1.807, 2.05) is 17.9 Å². The highest BCUT2D eigenvalue weighted by molar-refractivity contribution is 5.82. The fourth-order valence-electron chi connectivity index (χ4n) is 4.64. The Bertz CT molecular complexity index is 671. The van der Waals surface area contributed by atoms with Crippen molar-refractivity contribution in [3.8, 4) is 0 Å². The molecule has 0 spiro atoms. The van der Waals surface area contributed by atoms with Crippen LogP contribution in [0.5, 0.6) is 0 Å². The van der Waals surface area contributed by atoms with Crippen LogP contribution in [0, 0.1) is 5.92 Å². The van der Waals surface area contributed by atoms with Crippen LogP contribution in [-0.2, 0) is 9.53 Å². The summed E-state index contributed by atoms with van der Waals surface area (Å²) in [5.74, 6) is 1.46. The summed E-state index contributed by atoms with van der Waals surface area (Å²) in [5, 5.41) is 0. The van der Waals surface area contributed by atoms with Crippen LogP contribution in [0.25, 0.3) is 0 Å². The number of amides is 1. The smallest absolute Gasteiger partial charge is 0.242 e. The van der Waals surface area contributed by atoms with Crippen molar-refractivity contribution in [1.29, 1.82) is 0 Å². The van der Waals surface area contributed by atoms with Crippen LogP contribution in [0.3, 0.4) is 0 Å². The van der Waals surface area contributed by atoms with Crippen molar-refractivity contribution in [3.05, 3.63) is 18.1 Å². The van der Waals surface area contributed by atoms with Crippen molar-refractivity contribution in [2.45, 2.75) is 51.3 Å². The number of nitrogens with zero attached hydrogens (tertiary/aromatic N) is 4. The van der Waals surface area contributed by atoms with Crippen molar-refractivity contribution < 1.29 is 9.53 Å². The highest BCUT2D eigenvalue weighted by Crippen LogP contribution is 2.38. The Morgan fingerprint density at radius 3 is 2.89 bits per heavy atom. The molecule has 1 saturated carbocycles. The second-order valence-electron chi connectivity index (χ2n) is 7.62. The molecule has 1 aliphatic carbocycles. The van der Waals surface area contributed by atoms with Crippen molar-refractivity contribution in [2.24, 2.45) is 5.92 Å². The molecule has 3 fully saturated rings. The first-order valence-corrected chi connectivity index (χ1v) is 10.2. The lowest BCUT2D eigenvalue weighted by Crippen LogP contribution is -2.50. The highest BCUT2D eigenvalue weighted by Gasteiger charge is 2.42. The molecule has 0 radical (unpaired) electrons. The molecule has 2 N–H and O–H groups in total. The Labute approximate surface area is 160 Å². The van der Waals surface area contributed by atoms with Crippen LogP contribution >= 0.6 is 0 Å². The van der Waals surface area contributed by atoms with E-state index in [-0.39, 0.29) is 11.9 Å². The molecule has 1 amide bonds. The molecule has 27 heavy (non-hydrogen) atoms. The largest absolute Gasteiger partial charge is 0.378 e. The first-order chi connectivity index (χ1) is 13.2. The molecular weight excluding hydrogens is 344 g/mol. The molecule has 4 unspecified atom stereocenters. The topological polar surface area (TPSA) is 82.6 Å². The number of nitrogens with one attached hydrogen (secondary N) is 2. The van der Waals surface area contributed by atoms with Gasteiger partial charge in [0.1, 0.15) is 12.1 Å². The third-order valence-electron chi connectivity index (χ3n) is 6.12. The predicted molar refractivity (Wildman–Crippen MR) is 102 cm³/mol. The third kappa shape index (κ3) is 3.79. The minimum Gasteiger partial charge on any atom is -0.378 e. The van der Waals surface area contributed by atoms with Crippen LogP contribution in [0.2, 0.25) is 0 Å². The number of hydrogen-bond acceptors (Lipinski definition) is 7. The van der Waals surface area contributed by atoms with Crippen LogP contribution in [0.1, 0.15) is 44.8 Å². The summed E-state index contributed by atoms with van der Waals surface area (Å²) < 4.78 is 5.89. The van der Waals surface area contributed by atoms with Gasteiger partial charge in [0.25, 0.3) is 0 Å². The Balaban J connectivity index is 1.48. The molecule has 1 aromatic rings. The van der Waals surface area contributed by atoms with Gasteiger partial charge in [0.15, 0.2) is 0 Å². The minimum absolute atomic E-state index is 0.146. The number of ether oxygens (including phenoxy) is 1. The molecule has 3 heterocycles. The van der Waals surface area contributed by atoms with Gasteiger partial charge >= 0.3 is 0 Å². The molecule has 2 aliphatic heterocycles. The molecule has 3 aliphatic rings. The average Bonchev–Trinajstić information content (AvgIpc) is 3.11. The number of rotatable bonds is 5. The quantitative estimate of drug-likeness (QED) is 0.791. The van der Waals surface area contributed by atoms with Gasteiger partial charge in [-0.25, -0.2) is 15.4 Å². The van der Waals surface area contributed by atoms with Gasteiger partial charge in [-0.3, -0.25) is 10.2 Å². The van der Waals surface area contributed by atoms with Gasteiger partial charge in [0.05, 0.1) is 24.4 Å². The molecule has 1 aromatic heterocycles. The summed E-state index contributed by atoms with van der Waals surface area (Å²) in [4.78, 5) is 25.2. The van der Waals surface area contributed by atoms with Gasteiger partial charge in [-0.2, -0.15) is 0 Å². The van der Waals surface area contributed by atoms with Crippen LogP contribution in [0.15, 0.2) is 12.4 Å². The summed E-state index contributed by atoms with van der Waals surface area (Å²) in [6, 6.07) is 2.65. The molecule has 148 valence electrons. The molecule has 4 rings (SSSR count). The molecular formula is C19H30N6O2. The zero-order chi connectivity index (χ0) is 18.8. The maximum atomic E-state index is 12.2. The fourth-order valence-corrected chi connectivity index (χ4v) is 4.64. The van der Waals surface area contributed by atoms with E-state index in [2.05, 4.69) is 32.6 Å². The number of carbonyl (C=O) groups excluding carboxylic acids is 1. The van der Waals surface area contributed by atoms with E-state index in [1.165, 1.54) is 0 Å². The van der Waals surface area contributed by atoms with Crippen molar-refractivity contribution in [3.63, 3.8) is 0 Å². The lowest BCUT2D eigenvalue weighted by atomic mass is 9.79. The van der Waals surface area contributed by atoms with E-state index in [9.17, 15) is 4.79 Å². The summed E-state index contributed by atoms with van der Waals surface area (Å²) in [7, 11) is 0. The van der Waals surface area contributed by atoms with Gasteiger partial charge < -0.3 is 14.5 Å².